The minimum atomic E-state index is -0.730. The van der Waals surface area contributed by atoms with E-state index in [4.69, 9.17) is 4.74 Å². The van der Waals surface area contributed by atoms with Gasteiger partial charge in [0.2, 0.25) is 5.90 Å². The van der Waals surface area contributed by atoms with Gasteiger partial charge in [0.25, 0.3) is 0 Å². The predicted molar refractivity (Wildman–Crippen MR) is 95.1 cm³/mol. The molecule has 0 bridgehead atoms. The molecule has 0 radical (unpaired) electrons. The van der Waals surface area contributed by atoms with E-state index >= 15 is 0 Å². The first-order valence-corrected chi connectivity index (χ1v) is 8.17. The fraction of sp³-hybridized carbons (Fsp3) is 0.0952. The second-order valence-electron chi connectivity index (χ2n) is 6.00. The fourth-order valence-corrected chi connectivity index (χ4v) is 3.00. The van der Waals surface area contributed by atoms with Crippen LogP contribution in [0.5, 0.6) is 5.75 Å². The second-order valence-corrected chi connectivity index (χ2v) is 6.00. The number of benzene rings is 3. The van der Waals surface area contributed by atoms with E-state index in [1.54, 1.807) is 6.07 Å². The molecular weight excluding hydrogens is 336 g/mol. The zero-order valence-corrected chi connectivity index (χ0v) is 13.7. The highest BCUT2D eigenvalue weighted by molar-refractivity contribution is 5.95. The van der Waals surface area contributed by atoms with Crippen LogP contribution < -0.4 is 0 Å². The van der Waals surface area contributed by atoms with Gasteiger partial charge < -0.3 is 9.84 Å². The molecule has 5 heteroatoms. The SMILES string of the molecule is Oc1ccc(-c2ccccc2)cc1C1COC(c2c(F)cccc2F)=N1. The lowest BCUT2D eigenvalue weighted by molar-refractivity contribution is 0.314. The molecule has 0 amide bonds. The summed E-state index contributed by atoms with van der Waals surface area (Å²) in [6.45, 7) is 0.106. The molecule has 3 aromatic rings. The van der Waals surface area contributed by atoms with Gasteiger partial charge in [0.15, 0.2) is 0 Å². The lowest BCUT2D eigenvalue weighted by Crippen LogP contribution is -2.07. The van der Waals surface area contributed by atoms with Crippen LogP contribution in [0.15, 0.2) is 71.7 Å². The molecule has 0 aliphatic carbocycles. The van der Waals surface area contributed by atoms with Gasteiger partial charge in [-0.3, -0.25) is 0 Å². The van der Waals surface area contributed by atoms with Crippen LogP contribution in [-0.2, 0) is 4.74 Å². The summed E-state index contributed by atoms with van der Waals surface area (Å²) in [5.74, 6) is -1.48. The van der Waals surface area contributed by atoms with Gasteiger partial charge in [-0.05, 0) is 35.4 Å². The first-order valence-electron chi connectivity index (χ1n) is 8.17. The highest BCUT2D eigenvalue weighted by Crippen LogP contribution is 2.35. The van der Waals surface area contributed by atoms with Gasteiger partial charge in [-0.15, -0.1) is 0 Å². The van der Waals surface area contributed by atoms with Crippen molar-refractivity contribution in [1.29, 1.82) is 0 Å². The zero-order valence-electron chi connectivity index (χ0n) is 13.7. The number of nitrogens with zero attached hydrogens (tertiary/aromatic N) is 1. The molecule has 130 valence electrons. The molecular formula is C21H15F2NO2. The van der Waals surface area contributed by atoms with E-state index in [-0.39, 0.29) is 23.8 Å². The summed E-state index contributed by atoms with van der Waals surface area (Å²) in [6, 6.07) is 18.0. The highest BCUT2D eigenvalue weighted by Gasteiger charge is 2.27. The maximum atomic E-state index is 13.9. The Labute approximate surface area is 149 Å². The van der Waals surface area contributed by atoms with E-state index in [1.165, 1.54) is 6.07 Å². The van der Waals surface area contributed by atoms with Gasteiger partial charge in [0.05, 0.1) is 0 Å². The summed E-state index contributed by atoms with van der Waals surface area (Å²) >= 11 is 0. The molecule has 0 spiro atoms. The topological polar surface area (TPSA) is 41.8 Å². The number of ether oxygens (including phenoxy) is 1. The van der Waals surface area contributed by atoms with E-state index in [1.807, 2.05) is 42.5 Å². The second kappa shape index (κ2) is 6.59. The predicted octanol–water partition coefficient (Wildman–Crippen LogP) is 4.86. The molecule has 0 saturated carbocycles. The Morgan fingerprint density at radius 1 is 0.885 bits per heavy atom. The van der Waals surface area contributed by atoms with Crippen molar-refractivity contribution >= 4 is 5.90 Å². The number of hydrogen-bond donors (Lipinski definition) is 1. The molecule has 1 atom stereocenters. The van der Waals surface area contributed by atoms with Crippen molar-refractivity contribution in [3.63, 3.8) is 0 Å². The number of phenolic OH excluding ortho intramolecular Hbond substituents is 1. The summed E-state index contributed by atoms with van der Waals surface area (Å²) in [5.41, 5.74) is 2.18. The molecule has 4 rings (SSSR count). The van der Waals surface area contributed by atoms with Crippen molar-refractivity contribution in [3.8, 4) is 16.9 Å². The Hall–Kier alpha value is -3.21. The summed E-state index contributed by atoms with van der Waals surface area (Å²) in [5, 5.41) is 10.2. The third-order valence-electron chi connectivity index (χ3n) is 4.32. The van der Waals surface area contributed by atoms with Crippen LogP contribution >= 0.6 is 0 Å². The van der Waals surface area contributed by atoms with E-state index in [9.17, 15) is 13.9 Å². The van der Waals surface area contributed by atoms with Crippen LogP contribution in [0.4, 0.5) is 8.78 Å². The van der Waals surface area contributed by atoms with Gasteiger partial charge >= 0.3 is 0 Å². The van der Waals surface area contributed by atoms with Crippen molar-refractivity contribution in [2.75, 3.05) is 6.61 Å². The molecule has 0 saturated heterocycles. The molecule has 1 aliphatic rings. The van der Waals surface area contributed by atoms with E-state index in [2.05, 4.69) is 4.99 Å². The average Bonchev–Trinajstić information content (AvgIpc) is 3.12. The molecule has 0 aromatic heterocycles. The first kappa shape index (κ1) is 16.3. The number of halogens is 2. The standard InChI is InChI=1S/C21H15F2NO2/c22-16-7-4-8-17(23)20(16)21-24-18(12-26-21)15-11-14(9-10-19(15)25)13-5-2-1-3-6-13/h1-11,18,25H,12H2. The molecule has 1 heterocycles. The lowest BCUT2D eigenvalue weighted by Gasteiger charge is -2.10. The zero-order chi connectivity index (χ0) is 18.1. The third-order valence-corrected chi connectivity index (χ3v) is 4.32. The normalized spacial score (nSPS) is 16.2. The number of rotatable bonds is 3. The Morgan fingerprint density at radius 3 is 2.35 bits per heavy atom. The van der Waals surface area contributed by atoms with E-state index in [0.29, 0.717) is 5.56 Å². The van der Waals surface area contributed by atoms with Crippen LogP contribution in [0.25, 0.3) is 11.1 Å². The molecule has 3 nitrogen and oxygen atoms in total. The smallest absolute Gasteiger partial charge is 0.222 e. The summed E-state index contributed by atoms with van der Waals surface area (Å²) < 4.78 is 33.3. The van der Waals surface area contributed by atoms with Crippen LogP contribution in [0.3, 0.4) is 0 Å². The molecule has 3 aromatic carbocycles. The number of hydrogen-bond acceptors (Lipinski definition) is 3. The lowest BCUT2D eigenvalue weighted by atomic mass is 9.99. The average molecular weight is 351 g/mol. The molecule has 1 unspecified atom stereocenters. The van der Waals surface area contributed by atoms with Crippen LogP contribution in [0.1, 0.15) is 17.2 Å². The van der Waals surface area contributed by atoms with Gasteiger partial charge in [0.1, 0.15) is 35.6 Å². The minimum Gasteiger partial charge on any atom is -0.508 e. The summed E-state index contributed by atoms with van der Waals surface area (Å²) in [7, 11) is 0. The van der Waals surface area contributed by atoms with Crippen molar-refractivity contribution < 1.29 is 18.6 Å². The number of aliphatic imine (C=N–C) groups is 1. The first-order chi connectivity index (χ1) is 12.6. The number of phenols is 1. The maximum Gasteiger partial charge on any atom is 0.222 e. The van der Waals surface area contributed by atoms with Gasteiger partial charge in [-0.2, -0.15) is 0 Å². The summed E-state index contributed by atoms with van der Waals surface area (Å²) in [4.78, 5) is 4.30. The van der Waals surface area contributed by atoms with Crippen molar-refractivity contribution in [3.05, 3.63) is 89.5 Å². The molecule has 26 heavy (non-hydrogen) atoms. The monoisotopic (exact) mass is 351 g/mol. The largest absolute Gasteiger partial charge is 0.508 e. The molecule has 1 N–H and O–H groups in total. The minimum absolute atomic E-state index is 0.0669. The maximum absolute atomic E-state index is 13.9. The van der Waals surface area contributed by atoms with E-state index in [0.717, 1.165) is 23.3 Å². The fourth-order valence-electron chi connectivity index (χ4n) is 3.00. The Balaban J connectivity index is 1.72. The Kier molecular flexibility index (Phi) is 4.13. The van der Waals surface area contributed by atoms with Gasteiger partial charge in [0, 0.05) is 5.56 Å². The van der Waals surface area contributed by atoms with Crippen LogP contribution in [-0.4, -0.2) is 17.6 Å². The van der Waals surface area contributed by atoms with Crippen molar-refractivity contribution in [2.24, 2.45) is 4.99 Å². The van der Waals surface area contributed by atoms with Gasteiger partial charge in [-0.1, -0.05) is 42.5 Å². The highest BCUT2D eigenvalue weighted by atomic mass is 19.1. The van der Waals surface area contributed by atoms with E-state index < -0.39 is 17.7 Å². The van der Waals surface area contributed by atoms with Crippen molar-refractivity contribution in [1.82, 2.24) is 0 Å². The third kappa shape index (κ3) is 2.92. The van der Waals surface area contributed by atoms with Crippen LogP contribution in [0, 0.1) is 11.6 Å². The van der Waals surface area contributed by atoms with Crippen molar-refractivity contribution in [2.45, 2.75) is 6.04 Å². The molecule has 1 aliphatic heterocycles. The Morgan fingerprint density at radius 2 is 1.62 bits per heavy atom. The van der Waals surface area contributed by atoms with Gasteiger partial charge in [-0.25, -0.2) is 13.8 Å². The molecule has 0 fully saturated rings. The van der Waals surface area contributed by atoms with Crippen LogP contribution in [0.2, 0.25) is 0 Å². The number of aromatic hydroxyl groups is 1. The quantitative estimate of drug-likeness (QED) is 0.732. The Bertz CT molecular complexity index is 966. The summed E-state index contributed by atoms with van der Waals surface area (Å²) in [6.07, 6.45) is 0.